The van der Waals surface area contributed by atoms with E-state index in [0.717, 1.165) is 9.99 Å². The van der Waals surface area contributed by atoms with Crippen LogP contribution in [0.2, 0.25) is 0 Å². The van der Waals surface area contributed by atoms with E-state index in [1.54, 1.807) is 0 Å². The summed E-state index contributed by atoms with van der Waals surface area (Å²) < 4.78 is 1.10. The fourth-order valence-corrected chi connectivity index (χ4v) is 4.11. The van der Waals surface area contributed by atoms with E-state index in [1.807, 2.05) is 24.3 Å². The van der Waals surface area contributed by atoms with E-state index in [-0.39, 0.29) is 35.5 Å². The quantitative estimate of drug-likeness (QED) is 0.436. The van der Waals surface area contributed by atoms with Gasteiger partial charge in [-0.1, -0.05) is 12.2 Å². The number of nitrogens with zero attached hydrogens (tertiary/aromatic N) is 1. The predicted octanol–water partition coefficient (Wildman–Crippen LogP) is 2.60. The zero-order valence-corrected chi connectivity index (χ0v) is 12.3. The Labute approximate surface area is 124 Å². The standard InChI is InChI=1S/C15H12INO2/c16-10-3-5-11(6-4-10)17-14(18)12-8-1-2-9(7-8)13(12)15(17)19/h1-6,8-9,12-13H,7H2/t8-,9+,12+,13-. The number of rotatable bonds is 1. The minimum absolute atomic E-state index is 0.00643. The van der Waals surface area contributed by atoms with Crippen molar-refractivity contribution in [3.8, 4) is 0 Å². The minimum atomic E-state index is -0.109. The number of hydrogen-bond donors (Lipinski definition) is 0. The van der Waals surface area contributed by atoms with Crippen LogP contribution in [0.3, 0.4) is 0 Å². The van der Waals surface area contributed by atoms with Crippen molar-refractivity contribution in [3.05, 3.63) is 40.0 Å². The molecule has 0 radical (unpaired) electrons. The van der Waals surface area contributed by atoms with Crippen molar-refractivity contribution in [3.63, 3.8) is 0 Å². The summed E-state index contributed by atoms with van der Waals surface area (Å²) in [5, 5.41) is 0. The average Bonchev–Trinajstić information content (AvgIpc) is 3.06. The smallest absolute Gasteiger partial charge is 0.238 e. The highest BCUT2D eigenvalue weighted by atomic mass is 127. The second-order valence-electron chi connectivity index (χ2n) is 5.49. The van der Waals surface area contributed by atoms with Crippen molar-refractivity contribution in [2.75, 3.05) is 4.90 Å². The Balaban J connectivity index is 1.74. The molecule has 96 valence electrons. The zero-order valence-electron chi connectivity index (χ0n) is 10.1. The molecule has 2 fully saturated rings. The third-order valence-corrected chi connectivity index (χ3v) is 5.27. The van der Waals surface area contributed by atoms with E-state index in [0.29, 0.717) is 5.69 Å². The first-order chi connectivity index (χ1) is 9.16. The number of anilines is 1. The highest BCUT2D eigenvalue weighted by molar-refractivity contribution is 14.1. The fourth-order valence-electron chi connectivity index (χ4n) is 3.75. The van der Waals surface area contributed by atoms with Gasteiger partial charge in [-0.2, -0.15) is 0 Å². The molecule has 3 nitrogen and oxygen atoms in total. The summed E-state index contributed by atoms with van der Waals surface area (Å²) in [6, 6.07) is 7.57. The molecule has 0 N–H and O–H groups in total. The number of amides is 2. The van der Waals surface area contributed by atoms with Crippen molar-refractivity contribution in [1.29, 1.82) is 0 Å². The van der Waals surface area contributed by atoms with Crippen LogP contribution in [0, 0.1) is 27.2 Å². The molecule has 2 aliphatic carbocycles. The molecule has 1 saturated heterocycles. The largest absolute Gasteiger partial charge is 0.274 e. The summed E-state index contributed by atoms with van der Waals surface area (Å²) in [4.78, 5) is 26.5. The van der Waals surface area contributed by atoms with Crippen molar-refractivity contribution >= 4 is 40.1 Å². The molecule has 4 atom stereocenters. The maximum absolute atomic E-state index is 12.5. The lowest BCUT2D eigenvalue weighted by Crippen LogP contribution is -2.32. The van der Waals surface area contributed by atoms with Crippen molar-refractivity contribution in [2.24, 2.45) is 23.7 Å². The molecule has 0 unspecified atom stereocenters. The molecular formula is C15H12INO2. The maximum atomic E-state index is 12.5. The van der Waals surface area contributed by atoms with Crippen LogP contribution >= 0.6 is 22.6 Å². The minimum Gasteiger partial charge on any atom is -0.274 e. The van der Waals surface area contributed by atoms with Crippen molar-refractivity contribution in [1.82, 2.24) is 0 Å². The molecule has 2 amide bonds. The summed E-state index contributed by atoms with van der Waals surface area (Å²) in [5.41, 5.74) is 0.712. The summed E-state index contributed by atoms with van der Waals surface area (Å²) in [5.74, 6) is 0.324. The molecule has 1 saturated carbocycles. The molecule has 3 aliphatic rings. The number of imide groups is 1. The van der Waals surface area contributed by atoms with Gasteiger partial charge >= 0.3 is 0 Å². The highest BCUT2D eigenvalue weighted by Crippen LogP contribution is 2.53. The van der Waals surface area contributed by atoms with Crippen LogP contribution in [-0.2, 0) is 9.59 Å². The summed E-state index contributed by atoms with van der Waals surface area (Å²) in [6.45, 7) is 0. The molecule has 19 heavy (non-hydrogen) atoms. The van der Waals surface area contributed by atoms with Gasteiger partial charge in [0.1, 0.15) is 0 Å². The zero-order chi connectivity index (χ0) is 13.1. The van der Waals surface area contributed by atoms with Gasteiger partial charge in [-0.05, 0) is 65.1 Å². The van der Waals surface area contributed by atoms with Crippen molar-refractivity contribution in [2.45, 2.75) is 6.42 Å². The number of benzene rings is 1. The van der Waals surface area contributed by atoms with Crippen LogP contribution < -0.4 is 4.90 Å². The molecule has 4 rings (SSSR count). The van der Waals surface area contributed by atoms with Gasteiger partial charge in [-0.15, -0.1) is 0 Å². The molecule has 2 bridgehead atoms. The number of fused-ring (bicyclic) bond motifs is 5. The van der Waals surface area contributed by atoms with Crippen LogP contribution in [0.15, 0.2) is 36.4 Å². The molecule has 4 heteroatoms. The third-order valence-electron chi connectivity index (χ3n) is 4.56. The Morgan fingerprint density at radius 3 is 2.00 bits per heavy atom. The predicted molar refractivity (Wildman–Crippen MR) is 79.4 cm³/mol. The van der Waals surface area contributed by atoms with E-state index in [9.17, 15) is 9.59 Å². The van der Waals surface area contributed by atoms with Crippen LogP contribution in [0.25, 0.3) is 0 Å². The topological polar surface area (TPSA) is 37.4 Å². The Morgan fingerprint density at radius 2 is 1.47 bits per heavy atom. The molecule has 1 aliphatic heterocycles. The molecule has 1 aromatic rings. The SMILES string of the molecule is O=C1[C@@H]2[C@H](C(=O)N1c1ccc(I)cc1)[C@H]1C=C[C@@H]2C1. The van der Waals surface area contributed by atoms with Gasteiger partial charge in [0.05, 0.1) is 17.5 Å². The van der Waals surface area contributed by atoms with E-state index in [1.165, 1.54) is 4.90 Å². The van der Waals surface area contributed by atoms with Gasteiger partial charge < -0.3 is 0 Å². The van der Waals surface area contributed by atoms with Crippen LogP contribution in [0.4, 0.5) is 5.69 Å². The lowest BCUT2D eigenvalue weighted by molar-refractivity contribution is -0.123. The van der Waals surface area contributed by atoms with Crippen LogP contribution in [-0.4, -0.2) is 11.8 Å². The van der Waals surface area contributed by atoms with E-state index < -0.39 is 0 Å². The Hall–Kier alpha value is -1.17. The average molecular weight is 365 g/mol. The first kappa shape index (κ1) is 11.6. The molecular weight excluding hydrogens is 353 g/mol. The monoisotopic (exact) mass is 365 g/mol. The Bertz CT molecular complexity index is 577. The van der Waals surface area contributed by atoms with E-state index in [4.69, 9.17) is 0 Å². The second-order valence-corrected chi connectivity index (χ2v) is 6.73. The Kier molecular flexibility index (Phi) is 2.40. The lowest BCUT2D eigenvalue weighted by Gasteiger charge is -2.17. The number of carbonyl (C=O) groups is 2. The van der Waals surface area contributed by atoms with E-state index in [2.05, 4.69) is 34.7 Å². The van der Waals surface area contributed by atoms with Gasteiger partial charge in [0, 0.05) is 3.57 Å². The van der Waals surface area contributed by atoms with Gasteiger partial charge in [-0.3, -0.25) is 14.5 Å². The molecule has 0 aromatic heterocycles. The molecule has 1 heterocycles. The normalized spacial score (nSPS) is 35.3. The second kappa shape index (κ2) is 3.91. The lowest BCUT2D eigenvalue weighted by atomic mass is 9.85. The first-order valence-electron chi connectivity index (χ1n) is 6.48. The molecule has 0 spiro atoms. The van der Waals surface area contributed by atoms with Crippen molar-refractivity contribution < 1.29 is 9.59 Å². The van der Waals surface area contributed by atoms with Crippen LogP contribution in [0.5, 0.6) is 0 Å². The maximum Gasteiger partial charge on any atom is 0.238 e. The number of allylic oxidation sites excluding steroid dienone is 2. The summed E-state index contributed by atoms with van der Waals surface area (Å²) in [7, 11) is 0. The fraction of sp³-hybridized carbons (Fsp3) is 0.333. The number of halogens is 1. The highest BCUT2D eigenvalue weighted by Gasteiger charge is 2.59. The summed E-state index contributed by atoms with van der Waals surface area (Å²) >= 11 is 2.22. The number of carbonyl (C=O) groups excluding carboxylic acids is 2. The molecule has 1 aromatic carbocycles. The van der Waals surface area contributed by atoms with Gasteiger partial charge in [0.2, 0.25) is 11.8 Å². The van der Waals surface area contributed by atoms with Gasteiger partial charge in [0.25, 0.3) is 0 Å². The van der Waals surface area contributed by atoms with Gasteiger partial charge in [0.15, 0.2) is 0 Å². The van der Waals surface area contributed by atoms with E-state index >= 15 is 0 Å². The summed E-state index contributed by atoms with van der Waals surface area (Å²) in [6.07, 6.45) is 5.22. The number of hydrogen-bond acceptors (Lipinski definition) is 2. The third kappa shape index (κ3) is 1.49. The van der Waals surface area contributed by atoms with Crippen LogP contribution in [0.1, 0.15) is 6.42 Å². The first-order valence-corrected chi connectivity index (χ1v) is 7.56. The van der Waals surface area contributed by atoms with Gasteiger partial charge in [-0.25, -0.2) is 0 Å². The Morgan fingerprint density at radius 1 is 0.947 bits per heavy atom.